The molecule has 0 spiro atoms. The van der Waals surface area contributed by atoms with Gasteiger partial charge in [0.2, 0.25) is 5.91 Å². The third-order valence-corrected chi connectivity index (χ3v) is 4.40. The summed E-state index contributed by atoms with van der Waals surface area (Å²) >= 11 is 0. The summed E-state index contributed by atoms with van der Waals surface area (Å²) in [5, 5.41) is 2.14. The topological polar surface area (TPSA) is 78.7 Å². The first-order chi connectivity index (χ1) is 10.4. The van der Waals surface area contributed by atoms with Crippen molar-refractivity contribution in [3.05, 3.63) is 29.3 Å². The fourth-order valence-electron chi connectivity index (χ4n) is 2.82. The van der Waals surface area contributed by atoms with Crippen LogP contribution >= 0.6 is 0 Å². The van der Waals surface area contributed by atoms with Crippen molar-refractivity contribution in [2.24, 2.45) is 5.73 Å². The van der Waals surface area contributed by atoms with Crippen molar-refractivity contribution in [2.75, 3.05) is 31.1 Å². The van der Waals surface area contributed by atoms with E-state index in [9.17, 15) is 9.59 Å². The van der Waals surface area contributed by atoms with Gasteiger partial charge < -0.3 is 10.6 Å². The summed E-state index contributed by atoms with van der Waals surface area (Å²) in [7, 11) is 0. The predicted molar refractivity (Wildman–Crippen MR) is 86.9 cm³/mol. The highest BCUT2D eigenvalue weighted by atomic mass is 16.2. The van der Waals surface area contributed by atoms with Crippen LogP contribution in [0.1, 0.15) is 18.1 Å². The SMILES string of the molecule is Cc1cccc(N2CCN([C@H](C)C(=O)NC(N)=O)CC2)c1C. The lowest BCUT2D eigenvalue weighted by Crippen LogP contribution is -2.55. The van der Waals surface area contributed by atoms with Crippen LogP contribution in [0.25, 0.3) is 0 Å². The van der Waals surface area contributed by atoms with Crippen LogP contribution in [-0.2, 0) is 4.79 Å². The Morgan fingerprint density at radius 2 is 1.82 bits per heavy atom. The van der Waals surface area contributed by atoms with E-state index in [1.54, 1.807) is 6.92 Å². The number of rotatable bonds is 3. The zero-order valence-corrected chi connectivity index (χ0v) is 13.4. The van der Waals surface area contributed by atoms with Gasteiger partial charge in [0.25, 0.3) is 0 Å². The van der Waals surface area contributed by atoms with Gasteiger partial charge in [0.05, 0.1) is 6.04 Å². The third kappa shape index (κ3) is 3.57. The second-order valence-corrected chi connectivity index (χ2v) is 5.77. The summed E-state index contributed by atoms with van der Waals surface area (Å²) in [4.78, 5) is 27.0. The molecule has 6 heteroatoms. The van der Waals surface area contributed by atoms with E-state index < -0.39 is 6.03 Å². The fourth-order valence-corrected chi connectivity index (χ4v) is 2.82. The van der Waals surface area contributed by atoms with E-state index in [1.807, 2.05) is 0 Å². The van der Waals surface area contributed by atoms with Gasteiger partial charge >= 0.3 is 6.03 Å². The molecule has 1 heterocycles. The molecular formula is C16H24N4O2. The van der Waals surface area contributed by atoms with Crippen LogP contribution in [0, 0.1) is 13.8 Å². The average molecular weight is 304 g/mol. The molecule has 1 aliphatic rings. The molecule has 0 bridgehead atoms. The molecule has 0 saturated carbocycles. The van der Waals surface area contributed by atoms with Gasteiger partial charge in [-0.25, -0.2) is 4.79 Å². The second-order valence-electron chi connectivity index (χ2n) is 5.77. The summed E-state index contributed by atoms with van der Waals surface area (Å²) < 4.78 is 0. The summed E-state index contributed by atoms with van der Waals surface area (Å²) in [6.45, 7) is 9.33. The van der Waals surface area contributed by atoms with Crippen LogP contribution in [0.5, 0.6) is 0 Å². The molecule has 120 valence electrons. The lowest BCUT2D eigenvalue weighted by Gasteiger charge is -2.39. The van der Waals surface area contributed by atoms with Crippen molar-refractivity contribution in [3.63, 3.8) is 0 Å². The molecule has 6 nitrogen and oxygen atoms in total. The standard InChI is InChI=1S/C16H24N4O2/c1-11-5-4-6-14(12(11)2)20-9-7-19(8-10-20)13(3)15(21)18-16(17)22/h4-6,13H,7-10H2,1-3H3,(H3,17,18,21,22)/t13-/m1/s1. The van der Waals surface area contributed by atoms with E-state index in [0.717, 1.165) is 26.2 Å². The first-order valence-corrected chi connectivity index (χ1v) is 7.55. The van der Waals surface area contributed by atoms with Crippen LogP contribution in [0.3, 0.4) is 0 Å². The van der Waals surface area contributed by atoms with E-state index in [-0.39, 0.29) is 11.9 Å². The van der Waals surface area contributed by atoms with Crippen LogP contribution in [0.4, 0.5) is 10.5 Å². The highest BCUT2D eigenvalue weighted by Crippen LogP contribution is 2.24. The van der Waals surface area contributed by atoms with Gasteiger partial charge in [-0.2, -0.15) is 0 Å². The number of nitrogens with two attached hydrogens (primary N) is 1. The lowest BCUT2D eigenvalue weighted by molar-refractivity contribution is -0.124. The van der Waals surface area contributed by atoms with Gasteiger partial charge in [0.1, 0.15) is 0 Å². The van der Waals surface area contributed by atoms with Crippen molar-refractivity contribution in [1.82, 2.24) is 10.2 Å². The van der Waals surface area contributed by atoms with Crippen LogP contribution in [0.15, 0.2) is 18.2 Å². The molecule has 0 unspecified atom stereocenters. The molecule has 2 rings (SSSR count). The lowest BCUT2D eigenvalue weighted by atomic mass is 10.1. The molecule has 1 fully saturated rings. The normalized spacial score (nSPS) is 17.1. The van der Waals surface area contributed by atoms with Crippen molar-refractivity contribution in [1.29, 1.82) is 0 Å². The Morgan fingerprint density at radius 3 is 2.41 bits per heavy atom. The quantitative estimate of drug-likeness (QED) is 0.873. The van der Waals surface area contributed by atoms with Crippen molar-refractivity contribution in [2.45, 2.75) is 26.8 Å². The number of urea groups is 1. The molecule has 0 radical (unpaired) electrons. The molecule has 1 aromatic carbocycles. The third-order valence-electron chi connectivity index (χ3n) is 4.40. The number of carbonyl (C=O) groups excluding carboxylic acids is 2. The molecule has 1 aliphatic heterocycles. The largest absolute Gasteiger partial charge is 0.369 e. The molecule has 3 amide bonds. The van der Waals surface area contributed by atoms with Crippen LogP contribution in [-0.4, -0.2) is 49.1 Å². The minimum atomic E-state index is -0.800. The van der Waals surface area contributed by atoms with Crippen LogP contribution < -0.4 is 16.0 Å². The summed E-state index contributed by atoms with van der Waals surface area (Å²) in [5.74, 6) is -0.340. The smallest absolute Gasteiger partial charge is 0.318 e. The number of benzene rings is 1. The maximum absolute atomic E-state index is 11.8. The summed E-state index contributed by atoms with van der Waals surface area (Å²) in [6, 6.07) is 5.18. The number of nitrogens with zero attached hydrogens (tertiary/aromatic N) is 2. The monoisotopic (exact) mass is 304 g/mol. The fraction of sp³-hybridized carbons (Fsp3) is 0.500. The number of primary amides is 1. The molecule has 1 atom stereocenters. The van der Waals surface area contributed by atoms with E-state index >= 15 is 0 Å². The second kappa shape index (κ2) is 6.79. The zero-order chi connectivity index (χ0) is 16.3. The average Bonchev–Trinajstić information content (AvgIpc) is 2.49. The Hall–Kier alpha value is -2.08. The number of hydrogen-bond acceptors (Lipinski definition) is 4. The van der Waals surface area contributed by atoms with Crippen molar-refractivity contribution in [3.8, 4) is 0 Å². The number of carbonyl (C=O) groups is 2. The summed E-state index contributed by atoms with van der Waals surface area (Å²) in [5.41, 5.74) is 8.84. The zero-order valence-electron chi connectivity index (χ0n) is 13.4. The van der Waals surface area contributed by atoms with Crippen molar-refractivity contribution < 1.29 is 9.59 Å². The van der Waals surface area contributed by atoms with E-state index in [4.69, 9.17) is 5.73 Å². The van der Waals surface area contributed by atoms with Gasteiger partial charge in [-0.15, -0.1) is 0 Å². The van der Waals surface area contributed by atoms with Crippen LogP contribution in [0.2, 0.25) is 0 Å². The molecule has 3 N–H and O–H groups in total. The maximum atomic E-state index is 11.8. The number of piperazine rings is 1. The molecule has 22 heavy (non-hydrogen) atoms. The number of amides is 3. The Morgan fingerprint density at radius 1 is 1.18 bits per heavy atom. The highest BCUT2D eigenvalue weighted by Gasteiger charge is 2.26. The molecular weight excluding hydrogens is 280 g/mol. The molecule has 1 aromatic rings. The molecule has 0 aliphatic carbocycles. The number of anilines is 1. The molecule has 0 aromatic heterocycles. The van der Waals surface area contributed by atoms with Crippen molar-refractivity contribution >= 4 is 17.6 Å². The molecule has 1 saturated heterocycles. The Labute approximate surface area is 131 Å². The minimum absolute atomic E-state index is 0.340. The number of hydrogen-bond donors (Lipinski definition) is 2. The van der Waals surface area contributed by atoms with Gasteiger partial charge in [-0.1, -0.05) is 12.1 Å². The summed E-state index contributed by atoms with van der Waals surface area (Å²) in [6.07, 6.45) is 0. The Balaban J connectivity index is 1.97. The predicted octanol–water partition coefficient (Wildman–Crippen LogP) is 1.01. The van der Waals surface area contributed by atoms with E-state index in [1.165, 1.54) is 16.8 Å². The number of aryl methyl sites for hydroxylation is 1. The van der Waals surface area contributed by atoms with Gasteiger partial charge in [0, 0.05) is 31.9 Å². The van der Waals surface area contributed by atoms with E-state index in [0.29, 0.717) is 0 Å². The first-order valence-electron chi connectivity index (χ1n) is 7.55. The maximum Gasteiger partial charge on any atom is 0.318 e. The van der Waals surface area contributed by atoms with E-state index in [2.05, 4.69) is 47.2 Å². The van der Waals surface area contributed by atoms with Gasteiger partial charge in [0.15, 0.2) is 0 Å². The van der Waals surface area contributed by atoms with Gasteiger partial charge in [-0.05, 0) is 38.0 Å². The Kier molecular flexibility index (Phi) is 5.03. The number of imide groups is 1. The number of nitrogens with one attached hydrogen (secondary N) is 1. The minimum Gasteiger partial charge on any atom is -0.369 e. The first kappa shape index (κ1) is 16.3. The Bertz CT molecular complexity index is 565. The highest BCUT2D eigenvalue weighted by molar-refractivity contribution is 5.96. The van der Waals surface area contributed by atoms with Gasteiger partial charge in [-0.3, -0.25) is 15.0 Å².